The van der Waals surface area contributed by atoms with Gasteiger partial charge in [0.05, 0.1) is 19.6 Å². The molecule has 218 valence electrons. The van der Waals surface area contributed by atoms with Gasteiger partial charge in [-0.3, -0.25) is 15.0 Å². The summed E-state index contributed by atoms with van der Waals surface area (Å²) in [6.45, 7) is 14.9. The van der Waals surface area contributed by atoms with E-state index in [0.717, 1.165) is 51.6 Å². The number of nitrogens with zero attached hydrogens (tertiary/aromatic N) is 4. The zero-order valence-corrected chi connectivity index (χ0v) is 25.7. The Hall–Kier alpha value is -1.53. The second kappa shape index (κ2) is 16.7. The second-order valence-corrected chi connectivity index (χ2v) is 13.2. The average Bonchev–Trinajstić information content (AvgIpc) is 2.95. The maximum Gasteiger partial charge on any atom is 0.133 e. The summed E-state index contributed by atoms with van der Waals surface area (Å²) in [4.78, 5) is 14.7. The van der Waals surface area contributed by atoms with Gasteiger partial charge in [0.1, 0.15) is 5.40 Å². The fraction of sp³-hybridized carbons (Fsp3) is 0.806. The standard InChI is InChI=1S/C31H53N7S/c1-21(2)28-8-6-9-29(37-28)22(3)34-16-17-35-23(4)30-10-7-11-31(38-30)24(5)36-19-26(33)18-25-12-14-27(15-13-25)39-20-32/h25-31,37-38H,1,6-19,33H2,2-5H3. The van der Waals surface area contributed by atoms with Crippen molar-refractivity contribution >= 4 is 28.9 Å². The minimum Gasteiger partial charge on any atom is -0.326 e. The van der Waals surface area contributed by atoms with Gasteiger partial charge in [-0.15, -0.1) is 0 Å². The summed E-state index contributed by atoms with van der Waals surface area (Å²) in [6, 6.07) is 1.52. The van der Waals surface area contributed by atoms with Crippen LogP contribution in [0.3, 0.4) is 0 Å². The fourth-order valence-electron chi connectivity index (χ4n) is 6.36. The Labute approximate surface area is 242 Å². The first-order chi connectivity index (χ1) is 18.8. The van der Waals surface area contributed by atoms with Crippen molar-refractivity contribution in [2.45, 2.75) is 134 Å². The van der Waals surface area contributed by atoms with E-state index in [1.54, 1.807) is 0 Å². The van der Waals surface area contributed by atoms with E-state index in [0.29, 0.717) is 41.9 Å². The van der Waals surface area contributed by atoms with Crippen molar-refractivity contribution in [2.24, 2.45) is 26.6 Å². The molecule has 0 aromatic heterocycles. The molecule has 0 bridgehead atoms. The highest BCUT2D eigenvalue weighted by molar-refractivity contribution is 8.04. The molecule has 3 aliphatic rings. The third kappa shape index (κ3) is 10.8. The van der Waals surface area contributed by atoms with E-state index < -0.39 is 0 Å². The highest BCUT2D eigenvalue weighted by atomic mass is 32.2. The molecule has 4 N–H and O–H groups in total. The van der Waals surface area contributed by atoms with Gasteiger partial charge >= 0.3 is 0 Å². The number of hydrogen-bond acceptors (Lipinski definition) is 8. The fourth-order valence-corrected chi connectivity index (χ4v) is 7.01. The number of piperidine rings is 2. The number of nitrogens with two attached hydrogens (primary N) is 1. The minimum absolute atomic E-state index is 0.118. The smallest absolute Gasteiger partial charge is 0.133 e. The van der Waals surface area contributed by atoms with Gasteiger partial charge in [-0.2, -0.15) is 5.26 Å². The molecule has 0 spiro atoms. The molecule has 3 rings (SSSR count). The number of aliphatic imine (C=N–C) groups is 3. The summed E-state index contributed by atoms with van der Waals surface area (Å²) < 4.78 is 0. The Morgan fingerprint density at radius 3 is 1.82 bits per heavy atom. The van der Waals surface area contributed by atoms with Gasteiger partial charge in [0, 0.05) is 52.6 Å². The molecular weight excluding hydrogens is 502 g/mol. The van der Waals surface area contributed by atoms with Gasteiger partial charge in [-0.05, 0) is 116 Å². The normalized spacial score (nSPS) is 31.9. The SMILES string of the molecule is C=C(C)C1CCCC(C(C)=NCCN=C(C)C2CCCC(C(C)=NCC(N)CC3CCC(SC#N)CC3)N2)N1. The third-order valence-electron chi connectivity index (χ3n) is 8.93. The summed E-state index contributed by atoms with van der Waals surface area (Å²) in [5.74, 6) is 0.683. The van der Waals surface area contributed by atoms with E-state index in [4.69, 9.17) is 26.0 Å². The number of thioether (sulfide) groups is 1. The average molecular weight is 556 g/mol. The first kappa shape index (κ1) is 32.0. The molecule has 1 saturated carbocycles. The largest absolute Gasteiger partial charge is 0.326 e. The number of hydrogen-bond donors (Lipinski definition) is 3. The van der Waals surface area contributed by atoms with Crippen LogP contribution in [0.2, 0.25) is 0 Å². The van der Waals surface area contributed by atoms with Crippen molar-refractivity contribution in [3.8, 4) is 5.40 Å². The van der Waals surface area contributed by atoms with Crippen LogP contribution in [0.1, 0.15) is 98.3 Å². The van der Waals surface area contributed by atoms with Crippen molar-refractivity contribution < 1.29 is 0 Å². The van der Waals surface area contributed by atoms with Crippen LogP contribution < -0.4 is 16.4 Å². The molecule has 0 aromatic carbocycles. The Morgan fingerprint density at radius 1 is 0.821 bits per heavy atom. The Morgan fingerprint density at radius 2 is 1.31 bits per heavy atom. The third-order valence-corrected chi connectivity index (χ3v) is 9.84. The van der Waals surface area contributed by atoms with Crippen LogP contribution in [0.15, 0.2) is 27.1 Å². The lowest BCUT2D eigenvalue weighted by Crippen LogP contribution is -2.49. The summed E-state index contributed by atoms with van der Waals surface area (Å²) in [5, 5.41) is 19.2. The maximum absolute atomic E-state index is 8.89. The zero-order valence-electron chi connectivity index (χ0n) is 24.9. The number of nitriles is 1. The molecule has 5 atom stereocenters. The quantitative estimate of drug-likeness (QED) is 0.128. The van der Waals surface area contributed by atoms with Gasteiger partial charge in [0.15, 0.2) is 0 Å². The Kier molecular flexibility index (Phi) is 13.7. The van der Waals surface area contributed by atoms with E-state index in [2.05, 4.69) is 50.3 Å². The summed E-state index contributed by atoms with van der Waals surface area (Å²) >= 11 is 1.44. The van der Waals surface area contributed by atoms with Crippen molar-refractivity contribution in [1.29, 1.82) is 5.26 Å². The van der Waals surface area contributed by atoms with Crippen molar-refractivity contribution in [3.63, 3.8) is 0 Å². The van der Waals surface area contributed by atoms with Gasteiger partial charge < -0.3 is 16.4 Å². The van der Waals surface area contributed by atoms with E-state index in [9.17, 15) is 0 Å². The molecular formula is C31H53N7S. The molecule has 5 unspecified atom stereocenters. The first-order valence-corrected chi connectivity index (χ1v) is 16.1. The number of rotatable bonds is 12. The predicted molar refractivity (Wildman–Crippen MR) is 169 cm³/mol. The first-order valence-electron chi connectivity index (χ1n) is 15.3. The topological polar surface area (TPSA) is 111 Å². The lowest BCUT2D eigenvalue weighted by molar-refractivity contribution is 0.324. The minimum atomic E-state index is 0.118. The van der Waals surface area contributed by atoms with Crippen molar-refractivity contribution in [3.05, 3.63) is 12.2 Å². The molecule has 0 radical (unpaired) electrons. The Balaban J connectivity index is 1.40. The van der Waals surface area contributed by atoms with Gasteiger partial charge in [0.25, 0.3) is 0 Å². The van der Waals surface area contributed by atoms with Gasteiger partial charge in [-0.25, -0.2) is 0 Å². The Bertz CT molecular complexity index is 912. The second-order valence-electron chi connectivity index (χ2n) is 12.1. The molecule has 0 amide bonds. The van der Waals surface area contributed by atoms with Crippen molar-refractivity contribution in [1.82, 2.24) is 10.6 Å². The van der Waals surface area contributed by atoms with Gasteiger partial charge in [-0.1, -0.05) is 12.2 Å². The molecule has 39 heavy (non-hydrogen) atoms. The van der Waals surface area contributed by atoms with Crippen LogP contribution in [0.5, 0.6) is 0 Å². The van der Waals surface area contributed by atoms with Gasteiger partial charge in [0.2, 0.25) is 0 Å². The molecule has 3 fully saturated rings. The molecule has 2 heterocycles. The lowest BCUT2D eigenvalue weighted by atomic mass is 9.84. The molecule has 0 aromatic rings. The lowest BCUT2D eigenvalue weighted by Gasteiger charge is -2.32. The van der Waals surface area contributed by atoms with Crippen LogP contribution >= 0.6 is 11.8 Å². The monoisotopic (exact) mass is 555 g/mol. The van der Waals surface area contributed by atoms with E-state index in [1.807, 2.05) is 0 Å². The van der Waals surface area contributed by atoms with E-state index >= 15 is 0 Å². The molecule has 8 heteroatoms. The molecule has 7 nitrogen and oxygen atoms in total. The molecule has 2 saturated heterocycles. The van der Waals surface area contributed by atoms with E-state index in [-0.39, 0.29) is 6.04 Å². The van der Waals surface area contributed by atoms with Crippen LogP contribution in [0, 0.1) is 16.6 Å². The van der Waals surface area contributed by atoms with Crippen molar-refractivity contribution in [2.75, 3.05) is 19.6 Å². The maximum atomic E-state index is 8.89. The summed E-state index contributed by atoms with van der Waals surface area (Å²) in [5.41, 5.74) is 11.3. The molecule has 1 aliphatic carbocycles. The van der Waals surface area contributed by atoms with Crippen LogP contribution in [-0.2, 0) is 0 Å². The molecule has 2 aliphatic heterocycles. The van der Waals surface area contributed by atoms with Crippen LogP contribution in [0.25, 0.3) is 0 Å². The zero-order chi connectivity index (χ0) is 28.2. The highest BCUT2D eigenvalue weighted by Gasteiger charge is 2.26. The highest BCUT2D eigenvalue weighted by Crippen LogP contribution is 2.33. The number of thiocyanates is 1. The van der Waals surface area contributed by atoms with E-state index in [1.165, 1.54) is 66.6 Å². The predicted octanol–water partition coefficient (Wildman–Crippen LogP) is 5.46. The van der Waals surface area contributed by atoms with Crippen LogP contribution in [-0.4, -0.2) is 72.2 Å². The summed E-state index contributed by atoms with van der Waals surface area (Å²) in [6.07, 6.45) is 12.7. The summed E-state index contributed by atoms with van der Waals surface area (Å²) in [7, 11) is 0. The number of nitrogens with one attached hydrogen (secondary N) is 2. The van der Waals surface area contributed by atoms with Crippen LogP contribution in [0.4, 0.5) is 0 Å².